The highest BCUT2D eigenvalue weighted by molar-refractivity contribution is 7.12. The molecule has 82 valence electrons. The predicted octanol–water partition coefficient (Wildman–Crippen LogP) is 2.69. The standard InChI is InChI=1S/C11H15NO2S/c1-6(2)9-12-7(3)8(15-9)11(4-5-11)10(13)14/h6H,4-5H2,1-3H3,(H,13,14). The fourth-order valence-corrected chi connectivity index (χ4v) is 3.08. The van der Waals surface area contributed by atoms with Crippen LogP contribution in [0.2, 0.25) is 0 Å². The van der Waals surface area contributed by atoms with Gasteiger partial charge in [0, 0.05) is 10.8 Å². The lowest BCUT2D eigenvalue weighted by molar-refractivity contribution is -0.139. The van der Waals surface area contributed by atoms with Gasteiger partial charge in [-0.1, -0.05) is 13.8 Å². The van der Waals surface area contributed by atoms with Crippen molar-refractivity contribution in [2.45, 2.75) is 44.9 Å². The SMILES string of the molecule is Cc1nc(C(C)C)sc1C1(C(=O)O)CC1. The van der Waals surface area contributed by atoms with Crippen LogP contribution in [-0.4, -0.2) is 16.1 Å². The van der Waals surface area contributed by atoms with E-state index in [0.29, 0.717) is 5.92 Å². The molecular weight excluding hydrogens is 210 g/mol. The van der Waals surface area contributed by atoms with Crippen LogP contribution >= 0.6 is 11.3 Å². The maximum Gasteiger partial charge on any atom is 0.315 e. The third kappa shape index (κ3) is 1.57. The van der Waals surface area contributed by atoms with Gasteiger partial charge in [0.05, 0.1) is 10.7 Å². The van der Waals surface area contributed by atoms with Crippen LogP contribution in [0.15, 0.2) is 0 Å². The summed E-state index contributed by atoms with van der Waals surface area (Å²) < 4.78 is 0. The third-order valence-electron chi connectivity index (χ3n) is 2.90. The highest BCUT2D eigenvalue weighted by Crippen LogP contribution is 2.52. The van der Waals surface area contributed by atoms with E-state index in [4.69, 9.17) is 0 Å². The number of aryl methyl sites for hydroxylation is 1. The van der Waals surface area contributed by atoms with Gasteiger partial charge in [-0.25, -0.2) is 4.98 Å². The van der Waals surface area contributed by atoms with Crippen molar-refractivity contribution in [3.63, 3.8) is 0 Å². The number of aromatic nitrogens is 1. The molecule has 1 heterocycles. The molecule has 0 bridgehead atoms. The van der Waals surface area contributed by atoms with Crippen molar-refractivity contribution in [3.8, 4) is 0 Å². The predicted molar refractivity (Wildman–Crippen MR) is 59.5 cm³/mol. The normalized spacial score (nSPS) is 18.1. The van der Waals surface area contributed by atoms with E-state index in [9.17, 15) is 9.90 Å². The zero-order valence-corrected chi connectivity index (χ0v) is 10.0. The van der Waals surface area contributed by atoms with Crippen molar-refractivity contribution in [3.05, 3.63) is 15.6 Å². The van der Waals surface area contributed by atoms with Crippen LogP contribution < -0.4 is 0 Å². The molecule has 0 radical (unpaired) electrons. The minimum atomic E-state index is -0.690. The summed E-state index contributed by atoms with van der Waals surface area (Å²) in [5.74, 6) is -0.309. The molecule has 0 saturated heterocycles. The topological polar surface area (TPSA) is 50.2 Å². The molecule has 1 N–H and O–H groups in total. The van der Waals surface area contributed by atoms with Gasteiger partial charge in [0.15, 0.2) is 0 Å². The van der Waals surface area contributed by atoms with Crippen molar-refractivity contribution in [2.75, 3.05) is 0 Å². The lowest BCUT2D eigenvalue weighted by Gasteiger charge is -2.06. The summed E-state index contributed by atoms with van der Waals surface area (Å²) in [5, 5.41) is 10.3. The second-order valence-electron chi connectivity index (χ2n) is 4.51. The maximum absolute atomic E-state index is 11.2. The summed E-state index contributed by atoms with van der Waals surface area (Å²) in [6.07, 6.45) is 1.53. The summed E-state index contributed by atoms with van der Waals surface area (Å²) in [4.78, 5) is 16.6. The Morgan fingerprint density at radius 3 is 2.47 bits per heavy atom. The van der Waals surface area contributed by atoms with Gasteiger partial charge in [-0.05, 0) is 19.8 Å². The van der Waals surface area contributed by atoms with Crippen molar-refractivity contribution in [2.24, 2.45) is 0 Å². The average Bonchev–Trinajstić information content (AvgIpc) is 2.85. The second kappa shape index (κ2) is 3.30. The van der Waals surface area contributed by atoms with Crippen LogP contribution in [0, 0.1) is 6.92 Å². The van der Waals surface area contributed by atoms with Crippen LogP contribution in [0.1, 0.15) is 48.2 Å². The van der Waals surface area contributed by atoms with Crippen LogP contribution in [0.5, 0.6) is 0 Å². The number of hydrogen-bond acceptors (Lipinski definition) is 3. The van der Waals surface area contributed by atoms with Gasteiger partial charge in [-0.15, -0.1) is 11.3 Å². The van der Waals surface area contributed by atoms with Gasteiger partial charge in [0.25, 0.3) is 0 Å². The zero-order valence-electron chi connectivity index (χ0n) is 9.20. The molecule has 0 aromatic carbocycles. The highest BCUT2D eigenvalue weighted by Gasteiger charge is 2.54. The Kier molecular flexibility index (Phi) is 2.34. The van der Waals surface area contributed by atoms with E-state index in [1.807, 2.05) is 6.92 Å². The quantitative estimate of drug-likeness (QED) is 0.860. The first-order chi connectivity index (χ1) is 6.97. The van der Waals surface area contributed by atoms with Gasteiger partial charge in [0.2, 0.25) is 0 Å². The van der Waals surface area contributed by atoms with Crippen LogP contribution in [0.4, 0.5) is 0 Å². The number of carboxylic acids is 1. The Labute approximate surface area is 93.2 Å². The first kappa shape index (κ1) is 10.6. The number of carbonyl (C=O) groups is 1. The summed E-state index contributed by atoms with van der Waals surface area (Å²) in [7, 11) is 0. The molecule has 1 aliphatic carbocycles. The Bertz CT molecular complexity index is 405. The molecule has 4 heteroatoms. The summed E-state index contributed by atoms with van der Waals surface area (Å²) >= 11 is 1.57. The number of carboxylic acid groups (broad SMARTS) is 1. The summed E-state index contributed by atoms with van der Waals surface area (Å²) in [5.41, 5.74) is 0.318. The Hall–Kier alpha value is -0.900. The van der Waals surface area contributed by atoms with E-state index >= 15 is 0 Å². The molecule has 2 rings (SSSR count). The third-order valence-corrected chi connectivity index (χ3v) is 4.56. The number of rotatable bonds is 3. The first-order valence-electron chi connectivity index (χ1n) is 5.18. The fraction of sp³-hybridized carbons (Fsp3) is 0.636. The van der Waals surface area contributed by atoms with E-state index in [1.54, 1.807) is 11.3 Å². The van der Waals surface area contributed by atoms with Gasteiger partial charge in [-0.2, -0.15) is 0 Å². The van der Waals surface area contributed by atoms with E-state index < -0.39 is 11.4 Å². The van der Waals surface area contributed by atoms with Crippen molar-refractivity contribution >= 4 is 17.3 Å². The molecule has 1 aliphatic rings. The van der Waals surface area contributed by atoms with Gasteiger partial charge < -0.3 is 5.11 Å². The summed E-state index contributed by atoms with van der Waals surface area (Å²) in [6, 6.07) is 0. The average molecular weight is 225 g/mol. The number of hydrogen-bond donors (Lipinski definition) is 1. The van der Waals surface area contributed by atoms with Crippen molar-refractivity contribution in [1.29, 1.82) is 0 Å². The molecule has 0 amide bonds. The lowest BCUT2D eigenvalue weighted by atomic mass is 10.0. The number of thiazole rings is 1. The Balaban J connectivity index is 2.41. The van der Waals surface area contributed by atoms with E-state index in [1.165, 1.54) is 0 Å². The Morgan fingerprint density at radius 1 is 1.53 bits per heavy atom. The smallest absolute Gasteiger partial charge is 0.315 e. The van der Waals surface area contributed by atoms with Crippen LogP contribution in [-0.2, 0) is 10.2 Å². The molecule has 1 saturated carbocycles. The van der Waals surface area contributed by atoms with E-state index in [2.05, 4.69) is 18.8 Å². The van der Waals surface area contributed by atoms with E-state index in [-0.39, 0.29) is 0 Å². The van der Waals surface area contributed by atoms with Crippen molar-refractivity contribution in [1.82, 2.24) is 4.98 Å². The molecule has 0 unspecified atom stereocenters. The van der Waals surface area contributed by atoms with E-state index in [0.717, 1.165) is 28.4 Å². The van der Waals surface area contributed by atoms with Gasteiger partial charge in [0.1, 0.15) is 5.41 Å². The Morgan fingerprint density at radius 2 is 2.13 bits per heavy atom. The first-order valence-corrected chi connectivity index (χ1v) is 6.00. The van der Waals surface area contributed by atoms with Crippen LogP contribution in [0.25, 0.3) is 0 Å². The zero-order chi connectivity index (χ0) is 11.2. The molecular formula is C11H15NO2S. The minimum Gasteiger partial charge on any atom is -0.481 e. The molecule has 0 atom stereocenters. The molecule has 1 aromatic rings. The highest BCUT2D eigenvalue weighted by atomic mass is 32.1. The minimum absolute atomic E-state index is 0.382. The fourth-order valence-electron chi connectivity index (χ4n) is 1.77. The number of nitrogens with zero attached hydrogens (tertiary/aromatic N) is 1. The molecule has 3 nitrogen and oxygen atoms in total. The molecule has 1 fully saturated rings. The largest absolute Gasteiger partial charge is 0.481 e. The van der Waals surface area contributed by atoms with Crippen LogP contribution in [0.3, 0.4) is 0 Å². The maximum atomic E-state index is 11.2. The summed E-state index contributed by atoms with van der Waals surface area (Å²) in [6.45, 7) is 6.09. The van der Waals surface area contributed by atoms with Crippen molar-refractivity contribution < 1.29 is 9.90 Å². The lowest BCUT2D eigenvalue weighted by Crippen LogP contribution is -2.19. The molecule has 0 aliphatic heterocycles. The van der Waals surface area contributed by atoms with Gasteiger partial charge in [-0.3, -0.25) is 4.79 Å². The molecule has 15 heavy (non-hydrogen) atoms. The second-order valence-corrected chi connectivity index (χ2v) is 5.54. The van der Waals surface area contributed by atoms with Gasteiger partial charge >= 0.3 is 5.97 Å². The number of aliphatic carboxylic acids is 1. The monoisotopic (exact) mass is 225 g/mol. The molecule has 1 aromatic heterocycles. The molecule has 0 spiro atoms.